The maximum Gasteiger partial charge on any atom is 0.151 e. The van der Waals surface area contributed by atoms with E-state index in [0.29, 0.717) is 0 Å². The van der Waals surface area contributed by atoms with Crippen LogP contribution in [0.3, 0.4) is 0 Å². The summed E-state index contributed by atoms with van der Waals surface area (Å²) in [6.45, 7) is 0. The number of halogens is 2. The molecule has 60 heavy (non-hydrogen) atoms. The summed E-state index contributed by atoms with van der Waals surface area (Å²) in [5.74, 6) is 1.47. The quantitative estimate of drug-likeness (QED) is 0.166. The summed E-state index contributed by atoms with van der Waals surface area (Å²) in [4.78, 5) is 7.44. The monoisotopic (exact) mass is 808 g/mol. The van der Waals surface area contributed by atoms with Gasteiger partial charge in [0.1, 0.15) is 11.6 Å². The Labute approximate surface area is 355 Å². The van der Waals surface area contributed by atoms with Crippen LogP contribution in [-0.4, -0.2) is 0 Å². The Balaban J connectivity index is 1.40. The number of nitrogens with zero attached hydrogens (tertiary/aromatic N) is 2. The Morgan fingerprint density at radius 3 is 1.27 bits per heavy atom. The maximum absolute atomic E-state index is 15.2. The summed E-state index contributed by atoms with van der Waals surface area (Å²) < 4.78 is 37.1. The predicted octanol–water partition coefficient (Wildman–Crippen LogP) is 16.9. The van der Waals surface area contributed by atoms with Gasteiger partial charge in [-0.15, -0.1) is 0 Å². The molecule has 6 heteroatoms. The Hall–Kier alpha value is -5.85. The molecule has 0 amide bonds. The molecular weight excluding hydrogens is 763 g/mol. The molecule has 2 aliphatic heterocycles. The standard InChI is InChI=1S/C54H46F2N2OS/c55-39-31-27-37(28-32-39)50-49(35-15-3-1-4-16-35)51(38-29-33-40(56)34-30-38)54(58-43-21-9-13-25-47(43)60-48-26-14-10-22-44(48)58)52(36-17-5-2-6-18-36)53(50)57-41-19-7-11-23-45(41)59-46-24-12-8-20-42(46)57/h7-14,19-36H,1-6,15-18H2. The summed E-state index contributed by atoms with van der Waals surface area (Å²) in [5, 5.41) is 0. The Morgan fingerprint density at radius 2 is 0.800 bits per heavy atom. The number of anilines is 6. The molecule has 0 aromatic heterocycles. The first-order chi connectivity index (χ1) is 29.6. The van der Waals surface area contributed by atoms with E-state index in [1.54, 1.807) is 24.3 Å². The molecule has 0 bridgehead atoms. The second kappa shape index (κ2) is 15.6. The molecule has 3 nitrogen and oxygen atoms in total. The van der Waals surface area contributed by atoms with Gasteiger partial charge in [0.2, 0.25) is 0 Å². The van der Waals surface area contributed by atoms with Gasteiger partial charge in [0.05, 0.1) is 34.1 Å². The molecule has 4 aliphatic rings. The Bertz CT molecular complexity index is 2460. The summed E-state index contributed by atoms with van der Waals surface area (Å²) in [6.07, 6.45) is 11.0. The largest absolute Gasteiger partial charge is 0.453 e. The molecule has 11 rings (SSSR count). The van der Waals surface area contributed by atoms with E-state index in [-0.39, 0.29) is 23.5 Å². The van der Waals surface area contributed by atoms with E-state index < -0.39 is 0 Å². The van der Waals surface area contributed by atoms with Gasteiger partial charge in [0.25, 0.3) is 0 Å². The van der Waals surface area contributed by atoms with Crippen LogP contribution in [0.5, 0.6) is 11.5 Å². The summed E-state index contributed by atoms with van der Waals surface area (Å²) in [6, 6.07) is 48.8. The van der Waals surface area contributed by atoms with Gasteiger partial charge in [-0.2, -0.15) is 0 Å². The molecule has 7 aromatic carbocycles. The molecule has 2 saturated carbocycles. The summed E-state index contributed by atoms with van der Waals surface area (Å²) in [7, 11) is 0. The van der Waals surface area contributed by atoms with E-state index in [1.807, 2.05) is 48.2 Å². The number of hydrogen-bond donors (Lipinski definition) is 0. The minimum Gasteiger partial charge on any atom is -0.453 e. The zero-order valence-electron chi connectivity index (χ0n) is 33.5. The molecule has 0 spiro atoms. The molecule has 0 radical (unpaired) electrons. The van der Waals surface area contributed by atoms with E-state index in [0.717, 1.165) is 119 Å². The fraction of sp³-hybridized carbons (Fsp3) is 0.222. The second-order valence-corrected chi connectivity index (χ2v) is 17.8. The first-order valence-corrected chi connectivity index (χ1v) is 22.5. The molecule has 0 saturated heterocycles. The van der Waals surface area contributed by atoms with Gasteiger partial charge in [0.15, 0.2) is 11.5 Å². The van der Waals surface area contributed by atoms with Crippen molar-refractivity contribution in [3.63, 3.8) is 0 Å². The summed E-state index contributed by atoms with van der Waals surface area (Å²) in [5.41, 5.74) is 13.3. The highest BCUT2D eigenvalue weighted by Gasteiger charge is 2.41. The third kappa shape index (κ3) is 6.39. The van der Waals surface area contributed by atoms with Crippen molar-refractivity contribution in [2.45, 2.75) is 85.8 Å². The van der Waals surface area contributed by atoms with Crippen molar-refractivity contribution in [1.82, 2.24) is 0 Å². The number of benzene rings is 7. The van der Waals surface area contributed by atoms with E-state index in [1.165, 1.54) is 33.8 Å². The lowest BCUT2D eigenvalue weighted by atomic mass is 9.71. The Kier molecular flexibility index (Phi) is 9.69. The zero-order valence-corrected chi connectivity index (χ0v) is 34.4. The molecule has 0 N–H and O–H groups in total. The number of para-hydroxylation sites is 6. The molecule has 298 valence electrons. The van der Waals surface area contributed by atoms with Crippen LogP contribution in [0.1, 0.15) is 87.2 Å². The fourth-order valence-corrected chi connectivity index (χ4v) is 11.6. The van der Waals surface area contributed by atoms with Crippen molar-refractivity contribution >= 4 is 45.9 Å². The van der Waals surface area contributed by atoms with Gasteiger partial charge in [-0.1, -0.05) is 123 Å². The average Bonchev–Trinajstić information content (AvgIpc) is 3.30. The third-order valence-corrected chi connectivity index (χ3v) is 14.3. The minimum atomic E-state index is -0.261. The van der Waals surface area contributed by atoms with Crippen LogP contribution < -0.4 is 14.5 Å². The number of ether oxygens (including phenoxy) is 1. The highest BCUT2D eigenvalue weighted by atomic mass is 32.2. The van der Waals surface area contributed by atoms with Crippen molar-refractivity contribution in [1.29, 1.82) is 0 Å². The predicted molar refractivity (Wildman–Crippen MR) is 242 cm³/mol. The number of fused-ring (bicyclic) bond motifs is 4. The van der Waals surface area contributed by atoms with Crippen LogP contribution in [0.15, 0.2) is 155 Å². The topological polar surface area (TPSA) is 15.7 Å². The van der Waals surface area contributed by atoms with Crippen LogP contribution in [0, 0.1) is 11.6 Å². The molecule has 7 aromatic rings. The minimum absolute atomic E-state index is 0.193. The Morgan fingerprint density at radius 1 is 0.417 bits per heavy atom. The lowest BCUT2D eigenvalue weighted by molar-refractivity contribution is 0.440. The molecule has 0 unspecified atom stereocenters. The van der Waals surface area contributed by atoms with Crippen LogP contribution in [0.25, 0.3) is 22.3 Å². The van der Waals surface area contributed by atoms with Gasteiger partial charge >= 0.3 is 0 Å². The van der Waals surface area contributed by atoms with Gasteiger partial charge in [-0.3, -0.25) is 0 Å². The first-order valence-electron chi connectivity index (χ1n) is 21.7. The van der Waals surface area contributed by atoms with E-state index in [9.17, 15) is 0 Å². The second-order valence-electron chi connectivity index (χ2n) is 16.7. The summed E-state index contributed by atoms with van der Waals surface area (Å²) >= 11 is 1.82. The van der Waals surface area contributed by atoms with Gasteiger partial charge < -0.3 is 14.5 Å². The molecular formula is C54H46F2N2OS. The lowest BCUT2D eigenvalue weighted by Crippen LogP contribution is -2.26. The van der Waals surface area contributed by atoms with Gasteiger partial charge in [0, 0.05) is 26.5 Å². The highest BCUT2D eigenvalue weighted by Crippen LogP contribution is 2.64. The van der Waals surface area contributed by atoms with E-state index >= 15 is 8.78 Å². The molecule has 2 fully saturated rings. The van der Waals surface area contributed by atoms with Gasteiger partial charge in [-0.25, -0.2) is 8.78 Å². The SMILES string of the molecule is Fc1ccc(-c2c(C3CCCCC3)c(-c3ccc(F)cc3)c(N3c4ccccc4Sc4ccccc43)c(C3CCCCC3)c2N2c3ccccc3Oc3ccccc32)cc1. The van der Waals surface area contributed by atoms with E-state index in [4.69, 9.17) is 4.74 Å². The van der Waals surface area contributed by atoms with E-state index in [2.05, 4.69) is 94.7 Å². The third-order valence-electron chi connectivity index (χ3n) is 13.1. The van der Waals surface area contributed by atoms with Crippen LogP contribution in [0.2, 0.25) is 0 Å². The first kappa shape index (κ1) is 37.2. The molecule has 2 aliphatic carbocycles. The zero-order chi connectivity index (χ0) is 40.2. The highest BCUT2D eigenvalue weighted by molar-refractivity contribution is 7.99. The van der Waals surface area contributed by atoms with Gasteiger partial charge in [-0.05, 0) is 127 Å². The number of rotatable bonds is 6. The van der Waals surface area contributed by atoms with Crippen molar-refractivity contribution in [3.8, 4) is 33.8 Å². The van der Waals surface area contributed by atoms with Crippen molar-refractivity contribution in [3.05, 3.63) is 168 Å². The fourth-order valence-electron chi connectivity index (χ4n) is 10.5. The number of hydrogen-bond acceptors (Lipinski definition) is 4. The van der Waals surface area contributed by atoms with Crippen molar-refractivity contribution < 1.29 is 13.5 Å². The van der Waals surface area contributed by atoms with Crippen molar-refractivity contribution in [2.24, 2.45) is 0 Å². The average molecular weight is 809 g/mol. The lowest BCUT2D eigenvalue weighted by Gasteiger charge is -2.44. The smallest absolute Gasteiger partial charge is 0.151 e. The van der Waals surface area contributed by atoms with Crippen LogP contribution in [0.4, 0.5) is 42.9 Å². The molecule has 2 heterocycles. The molecule has 0 atom stereocenters. The van der Waals surface area contributed by atoms with Crippen molar-refractivity contribution in [2.75, 3.05) is 9.80 Å². The van der Waals surface area contributed by atoms with Crippen LogP contribution >= 0.6 is 11.8 Å². The van der Waals surface area contributed by atoms with Crippen LogP contribution in [-0.2, 0) is 0 Å². The normalized spacial score (nSPS) is 16.4. The maximum atomic E-state index is 15.2.